The molecule has 1 saturated heterocycles. The van der Waals surface area contributed by atoms with E-state index in [-0.39, 0.29) is 11.9 Å². The van der Waals surface area contributed by atoms with Gasteiger partial charge in [0.05, 0.1) is 17.0 Å². The van der Waals surface area contributed by atoms with E-state index < -0.39 is 5.41 Å². The number of carbonyl (C=O) groups excluding carboxylic acids is 1. The van der Waals surface area contributed by atoms with Crippen LogP contribution in [0, 0.1) is 17.3 Å². The third-order valence-corrected chi connectivity index (χ3v) is 4.72. The minimum absolute atomic E-state index is 0.00694. The number of carbonyl (C=O) groups is 1. The molecule has 1 saturated carbocycles. The first-order valence-electron chi connectivity index (χ1n) is 6.64. The van der Waals surface area contributed by atoms with Crippen LogP contribution in [-0.2, 0) is 9.53 Å². The second-order valence-electron chi connectivity index (χ2n) is 5.85. The van der Waals surface area contributed by atoms with Crippen LogP contribution < -0.4 is 11.1 Å². The zero-order chi connectivity index (χ0) is 13.3. The van der Waals surface area contributed by atoms with Crippen molar-refractivity contribution in [2.75, 3.05) is 13.2 Å². The summed E-state index contributed by atoms with van der Waals surface area (Å²) in [6.07, 6.45) is 2.57. The van der Waals surface area contributed by atoms with Gasteiger partial charge in [0.25, 0.3) is 0 Å². The number of amides is 1. The highest BCUT2D eigenvalue weighted by molar-refractivity contribution is 7.80. The number of nitrogens with two attached hydrogens (primary N) is 1. The number of rotatable bonds is 4. The maximum absolute atomic E-state index is 12.4. The van der Waals surface area contributed by atoms with E-state index in [2.05, 4.69) is 12.2 Å². The Morgan fingerprint density at radius 2 is 2.22 bits per heavy atom. The van der Waals surface area contributed by atoms with Crippen LogP contribution in [0.25, 0.3) is 0 Å². The van der Waals surface area contributed by atoms with Crippen LogP contribution >= 0.6 is 12.2 Å². The van der Waals surface area contributed by atoms with Crippen molar-refractivity contribution in [3.8, 4) is 0 Å². The van der Waals surface area contributed by atoms with Crippen LogP contribution in [0.1, 0.15) is 33.1 Å². The number of thiocarbonyl (C=S) groups is 1. The Balaban J connectivity index is 1.95. The maximum Gasteiger partial charge on any atom is 0.233 e. The first-order valence-corrected chi connectivity index (χ1v) is 7.05. The minimum Gasteiger partial charge on any atom is -0.392 e. The molecule has 2 unspecified atom stereocenters. The van der Waals surface area contributed by atoms with E-state index in [1.807, 2.05) is 6.92 Å². The van der Waals surface area contributed by atoms with Crippen molar-refractivity contribution in [2.45, 2.75) is 39.2 Å². The molecule has 0 aromatic rings. The molecule has 0 aromatic carbocycles. The molecule has 0 spiro atoms. The van der Waals surface area contributed by atoms with E-state index in [0.29, 0.717) is 16.8 Å². The predicted octanol–water partition coefficient (Wildman–Crippen LogP) is 1.23. The molecule has 2 aliphatic rings. The minimum atomic E-state index is -0.595. The molecule has 0 radical (unpaired) electrons. The van der Waals surface area contributed by atoms with E-state index >= 15 is 0 Å². The highest BCUT2D eigenvalue weighted by atomic mass is 32.1. The fourth-order valence-electron chi connectivity index (χ4n) is 3.04. The fraction of sp³-hybridized carbons (Fsp3) is 0.846. The second-order valence-corrected chi connectivity index (χ2v) is 6.29. The van der Waals surface area contributed by atoms with E-state index in [9.17, 15) is 4.79 Å². The predicted molar refractivity (Wildman–Crippen MR) is 74.1 cm³/mol. The summed E-state index contributed by atoms with van der Waals surface area (Å²) >= 11 is 5.09. The highest BCUT2D eigenvalue weighted by Gasteiger charge is 2.51. The third kappa shape index (κ3) is 2.38. The first-order chi connectivity index (χ1) is 8.45. The molecule has 1 aliphatic carbocycles. The summed E-state index contributed by atoms with van der Waals surface area (Å²) < 4.78 is 5.35. The van der Waals surface area contributed by atoms with E-state index in [4.69, 9.17) is 22.7 Å². The van der Waals surface area contributed by atoms with Gasteiger partial charge in [-0.25, -0.2) is 0 Å². The Morgan fingerprint density at radius 1 is 1.56 bits per heavy atom. The van der Waals surface area contributed by atoms with Gasteiger partial charge in [-0.15, -0.1) is 0 Å². The number of hydrogen-bond acceptors (Lipinski definition) is 3. The van der Waals surface area contributed by atoms with Crippen LogP contribution in [0.15, 0.2) is 0 Å². The van der Waals surface area contributed by atoms with E-state index in [0.717, 1.165) is 32.5 Å². The van der Waals surface area contributed by atoms with Gasteiger partial charge in [-0.3, -0.25) is 4.79 Å². The smallest absolute Gasteiger partial charge is 0.233 e. The highest BCUT2D eigenvalue weighted by Crippen LogP contribution is 2.46. The van der Waals surface area contributed by atoms with Crippen LogP contribution in [0.4, 0.5) is 0 Å². The summed E-state index contributed by atoms with van der Waals surface area (Å²) in [4.78, 5) is 12.7. The molecule has 2 atom stereocenters. The van der Waals surface area contributed by atoms with Crippen LogP contribution in [0.2, 0.25) is 0 Å². The van der Waals surface area contributed by atoms with Gasteiger partial charge in [0.1, 0.15) is 0 Å². The lowest BCUT2D eigenvalue weighted by molar-refractivity contribution is -0.133. The molecule has 1 amide bonds. The zero-order valence-corrected chi connectivity index (χ0v) is 11.9. The largest absolute Gasteiger partial charge is 0.392 e. The van der Waals surface area contributed by atoms with Crippen LogP contribution in [0.3, 0.4) is 0 Å². The molecule has 4 nitrogen and oxygen atoms in total. The first kappa shape index (κ1) is 13.7. The number of ether oxygens (including phenoxy) is 1. The molecule has 1 aliphatic heterocycles. The zero-order valence-electron chi connectivity index (χ0n) is 11.1. The Bertz CT molecular complexity index is 347. The van der Waals surface area contributed by atoms with Gasteiger partial charge >= 0.3 is 0 Å². The quantitative estimate of drug-likeness (QED) is 0.754. The average Bonchev–Trinajstić information content (AvgIpc) is 2.76. The third-order valence-electron chi connectivity index (χ3n) is 4.33. The van der Waals surface area contributed by atoms with Gasteiger partial charge in [-0.1, -0.05) is 19.1 Å². The van der Waals surface area contributed by atoms with Crippen molar-refractivity contribution in [1.82, 2.24) is 5.32 Å². The molecule has 3 N–H and O–H groups in total. The molecule has 102 valence electrons. The van der Waals surface area contributed by atoms with Gasteiger partial charge in [-0.05, 0) is 32.1 Å². The molecule has 1 heterocycles. The SMILES string of the molecule is CC1CC(C(=O)NC(C)C2CCOC2)(C(N)=S)C1. The Labute approximate surface area is 114 Å². The normalized spacial score (nSPS) is 36.8. The standard InChI is InChI=1S/C13H22N2O2S/c1-8-5-13(6-8,11(14)18)12(16)15-9(2)10-3-4-17-7-10/h8-10H,3-7H2,1-2H3,(H2,14,18)(H,15,16). The summed E-state index contributed by atoms with van der Waals surface area (Å²) in [5, 5.41) is 3.08. The molecule has 0 bridgehead atoms. The molecule has 18 heavy (non-hydrogen) atoms. The van der Waals surface area contributed by atoms with Gasteiger partial charge < -0.3 is 15.8 Å². The van der Waals surface area contributed by atoms with Crippen molar-refractivity contribution >= 4 is 23.1 Å². The number of nitrogens with one attached hydrogen (secondary N) is 1. The van der Waals surface area contributed by atoms with E-state index in [1.54, 1.807) is 0 Å². The lowest BCUT2D eigenvalue weighted by Gasteiger charge is -2.44. The molecule has 5 heteroatoms. The second kappa shape index (κ2) is 5.13. The molecule has 2 rings (SSSR count). The van der Waals surface area contributed by atoms with Gasteiger partial charge in [-0.2, -0.15) is 0 Å². The topological polar surface area (TPSA) is 64.3 Å². The van der Waals surface area contributed by atoms with Gasteiger partial charge in [0, 0.05) is 18.6 Å². The van der Waals surface area contributed by atoms with Gasteiger partial charge in [0.2, 0.25) is 5.91 Å². The summed E-state index contributed by atoms with van der Waals surface area (Å²) in [7, 11) is 0. The van der Waals surface area contributed by atoms with E-state index in [1.165, 1.54) is 0 Å². The van der Waals surface area contributed by atoms with Crippen LogP contribution in [-0.4, -0.2) is 30.2 Å². The number of hydrogen-bond donors (Lipinski definition) is 2. The average molecular weight is 270 g/mol. The summed E-state index contributed by atoms with van der Waals surface area (Å²) in [6, 6.07) is 0.127. The molecular weight excluding hydrogens is 248 g/mol. The molecule has 0 aromatic heterocycles. The van der Waals surface area contributed by atoms with Gasteiger partial charge in [0.15, 0.2) is 0 Å². The Kier molecular flexibility index (Phi) is 3.92. The lowest BCUT2D eigenvalue weighted by Crippen LogP contribution is -2.58. The Hall–Kier alpha value is -0.680. The molecular formula is C13H22N2O2S. The van der Waals surface area contributed by atoms with Crippen LogP contribution in [0.5, 0.6) is 0 Å². The van der Waals surface area contributed by atoms with Crippen molar-refractivity contribution in [3.63, 3.8) is 0 Å². The summed E-state index contributed by atoms with van der Waals surface area (Å²) in [5.41, 5.74) is 5.18. The summed E-state index contributed by atoms with van der Waals surface area (Å²) in [6.45, 7) is 5.69. The fourth-order valence-corrected chi connectivity index (χ4v) is 3.30. The maximum atomic E-state index is 12.4. The monoisotopic (exact) mass is 270 g/mol. The van der Waals surface area contributed by atoms with Crippen molar-refractivity contribution in [2.24, 2.45) is 23.0 Å². The van der Waals surface area contributed by atoms with Crippen molar-refractivity contribution in [3.05, 3.63) is 0 Å². The molecule has 2 fully saturated rings. The van der Waals surface area contributed by atoms with Crippen molar-refractivity contribution in [1.29, 1.82) is 0 Å². The Morgan fingerprint density at radius 3 is 2.67 bits per heavy atom. The lowest BCUT2D eigenvalue weighted by atomic mass is 9.62. The summed E-state index contributed by atoms with van der Waals surface area (Å²) in [5.74, 6) is 0.949. The van der Waals surface area contributed by atoms with Crippen molar-refractivity contribution < 1.29 is 9.53 Å².